The maximum absolute atomic E-state index is 13.5. The first-order valence-corrected chi connectivity index (χ1v) is 5.98. The van der Waals surface area contributed by atoms with Crippen molar-refractivity contribution in [3.63, 3.8) is 0 Å². The van der Waals surface area contributed by atoms with E-state index in [2.05, 4.69) is 10.1 Å². The number of aryl methyl sites for hydroxylation is 1. The van der Waals surface area contributed by atoms with Gasteiger partial charge in [0.1, 0.15) is 5.82 Å². The fraction of sp³-hybridized carbons (Fsp3) is 0.385. The van der Waals surface area contributed by atoms with Gasteiger partial charge in [0, 0.05) is 5.56 Å². The predicted molar refractivity (Wildman–Crippen MR) is 64.1 cm³/mol. The third kappa shape index (κ3) is 1.71. The minimum Gasteiger partial charge on any atom is -0.337 e. The second-order valence-electron chi connectivity index (χ2n) is 4.90. The molecule has 94 valence electrons. The first-order valence-electron chi connectivity index (χ1n) is 5.98. The lowest BCUT2D eigenvalue weighted by Gasteiger charge is -2.33. The van der Waals surface area contributed by atoms with E-state index >= 15 is 0 Å². The van der Waals surface area contributed by atoms with E-state index in [-0.39, 0.29) is 5.82 Å². The largest absolute Gasteiger partial charge is 0.337 e. The zero-order valence-corrected chi connectivity index (χ0v) is 10.1. The standard InChI is InChI=1S/C13H14FN3O/c1-8-3-4-9(7-10(8)14)11-16-12(18-17-11)13(15)5-2-6-13/h3-4,7H,2,5-6,15H2,1H3. The number of aromatic nitrogens is 2. The van der Waals surface area contributed by atoms with E-state index < -0.39 is 5.54 Å². The number of hydrogen-bond acceptors (Lipinski definition) is 4. The van der Waals surface area contributed by atoms with Gasteiger partial charge in [-0.3, -0.25) is 0 Å². The molecule has 2 aromatic rings. The Balaban J connectivity index is 1.95. The average Bonchev–Trinajstić information content (AvgIpc) is 2.79. The summed E-state index contributed by atoms with van der Waals surface area (Å²) >= 11 is 0. The summed E-state index contributed by atoms with van der Waals surface area (Å²) in [7, 11) is 0. The van der Waals surface area contributed by atoms with E-state index in [1.54, 1.807) is 19.1 Å². The summed E-state index contributed by atoms with van der Waals surface area (Å²) in [5, 5.41) is 3.87. The van der Waals surface area contributed by atoms with E-state index in [1.165, 1.54) is 6.07 Å². The average molecular weight is 247 g/mol. The van der Waals surface area contributed by atoms with Gasteiger partial charge in [0.2, 0.25) is 11.7 Å². The number of benzene rings is 1. The topological polar surface area (TPSA) is 64.9 Å². The molecule has 5 heteroatoms. The summed E-state index contributed by atoms with van der Waals surface area (Å²) in [6, 6.07) is 4.88. The van der Waals surface area contributed by atoms with Crippen LogP contribution in [0.2, 0.25) is 0 Å². The van der Waals surface area contributed by atoms with Crippen molar-refractivity contribution in [1.82, 2.24) is 10.1 Å². The van der Waals surface area contributed by atoms with Crippen LogP contribution in [0.3, 0.4) is 0 Å². The normalized spacial score (nSPS) is 17.5. The Morgan fingerprint density at radius 1 is 1.39 bits per heavy atom. The lowest BCUT2D eigenvalue weighted by Crippen LogP contribution is -2.43. The molecule has 0 unspecified atom stereocenters. The number of halogens is 1. The van der Waals surface area contributed by atoms with E-state index in [9.17, 15) is 4.39 Å². The highest BCUT2D eigenvalue weighted by atomic mass is 19.1. The van der Waals surface area contributed by atoms with Crippen LogP contribution in [0, 0.1) is 12.7 Å². The van der Waals surface area contributed by atoms with Gasteiger partial charge in [0.25, 0.3) is 0 Å². The molecule has 18 heavy (non-hydrogen) atoms. The molecule has 1 aromatic carbocycles. The predicted octanol–water partition coefficient (Wildman–Crippen LogP) is 2.52. The molecule has 0 spiro atoms. The lowest BCUT2D eigenvalue weighted by molar-refractivity contribution is 0.181. The summed E-state index contributed by atoms with van der Waals surface area (Å²) < 4.78 is 18.7. The van der Waals surface area contributed by atoms with Crippen LogP contribution in [0.25, 0.3) is 11.4 Å². The molecule has 2 N–H and O–H groups in total. The van der Waals surface area contributed by atoms with Gasteiger partial charge in [-0.25, -0.2) is 4.39 Å². The molecule has 1 aliphatic rings. The van der Waals surface area contributed by atoms with Crippen molar-refractivity contribution < 1.29 is 8.91 Å². The Hall–Kier alpha value is -1.75. The summed E-state index contributed by atoms with van der Waals surface area (Å²) in [6.07, 6.45) is 2.79. The highest BCUT2D eigenvalue weighted by Gasteiger charge is 2.39. The molecule has 3 rings (SSSR count). The molecule has 0 bridgehead atoms. The van der Waals surface area contributed by atoms with E-state index in [4.69, 9.17) is 10.3 Å². The zero-order valence-electron chi connectivity index (χ0n) is 10.1. The maximum atomic E-state index is 13.5. The fourth-order valence-corrected chi connectivity index (χ4v) is 2.05. The third-order valence-corrected chi connectivity index (χ3v) is 3.53. The molecular formula is C13H14FN3O. The van der Waals surface area contributed by atoms with Crippen molar-refractivity contribution in [2.75, 3.05) is 0 Å². The van der Waals surface area contributed by atoms with E-state index in [0.717, 1.165) is 19.3 Å². The Bertz CT molecular complexity index is 590. The zero-order chi connectivity index (χ0) is 12.8. The minimum absolute atomic E-state index is 0.273. The summed E-state index contributed by atoms with van der Waals surface area (Å²) in [5.74, 6) is 0.565. The molecule has 0 saturated heterocycles. The van der Waals surface area contributed by atoms with Crippen molar-refractivity contribution in [2.24, 2.45) is 5.73 Å². The monoisotopic (exact) mass is 247 g/mol. The quantitative estimate of drug-likeness (QED) is 0.885. The second-order valence-corrected chi connectivity index (χ2v) is 4.90. The molecule has 1 aromatic heterocycles. The number of nitrogens with zero attached hydrogens (tertiary/aromatic N) is 2. The molecule has 1 saturated carbocycles. The maximum Gasteiger partial charge on any atom is 0.247 e. The van der Waals surface area contributed by atoms with Gasteiger partial charge in [-0.1, -0.05) is 17.3 Å². The highest BCUT2D eigenvalue weighted by molar-refractivity contribution is 5.55. The molecule has 0 aliphatic heterocycles. The molecule has 0 atom stereocenters. The SMILES string of the molecule is Cc1ccc(-c2noc(C3(N)CCC3)n2)cc1F. The van der Waals surface area contributed by atoms with Gasteiger partial charge in [0.05, 0.1) is 5.54 Å². The van der Waals surface area contributed by atoms with E-state index in [0.29, 0.717) is 22.8 Å². The summed E-state index contributed by atoms with van der Waals surface area (Å²) in [5.41, 5.74) is 6.82. The van der Waals surface area contributed by atoms with Gasteiger partial charge in [-0.15, -0.1) is 0 Å². The van der Waals surface area contributed by atoms with Crippen molar-refractivity contribution in [3.05, 3.63) is 35.5 Å². The van der Waals surface area contributed by atoms with Crippen molar-refractivity contribution in [3.8, 4) is 11.4 Å². The minimum atomic E-state index is -0.478. The molecule has 0 amide bonds. The van der Waals surface area contributed by atoms with Crippen LogP contribution in [0.5, 0.6) is 0 Å². The number of rotatable bonds is 2. The Labute approximate surface area is 104 Å². The third-order valence-electron chi connectivity index (χ3n) is 3.53. The Morgan fingerprint density at radius 2 is 2.17 bits per heavy atom. The highest BCUT2D eigenvalue weighted by Crippen LogP contribution is 2.38. The Morgan fingerprint density at radius 3 is 2.78 bits per heavy atom. The van der Waals surface area contributed by atoms with Gasteiger partial charge >= 0.3 is 0 Å². The van der Waals surface area contributed by atoms with Crippen LogP contribution in [0.15, 0.2) is 22.7 Å². The van der Waals surface area contributed by atoms with Crippen molar-refractivity contribution in [1.29, 1.82) is 0 Å². The first kappa shape index (κ1) is 11.3. The van der Waals surface area contributed by atoms with Crippen molar-refractivity contribution >= 4 is 0 Å². The summed E-state index contributed by atoms with van der Waals surface area (Å²) in [4.78, 5) is 4.28. The van der Waals surface area contributed by atoms with Gasteiger partial charge in [-0.2, -0.15) is 4.98 Å². The number of nitrogens with two attached hydrogens (primary N) is 1. The van der Waals surface area contributed by atoms with Crippen LogP contribution in [-0.4, -0.2) is 10.1 Å². The van der Waals surface area contributed by atoms with Crippen LogP contribution in [0.1, 0.15) is 30.7 Å². The van der Waals surface area contributed by atoms with Crippen LogP contribution >= 0.6 is 0 Å². The summed E-state index contributed by atoms with van der Waals surface area (Å²) in [6.45, 7) is 1.71. The second kappa shape index (κ2) is 3.88. The number of hydrogen-bond donors (Lipinski definition) is 1. The fourth-order valence-electron chi connectivity index (χ4n) is 2.05. The molecule has 4 nitrogen and oxygen atoms in total. The smallest absolute Gasteiger partial charge is 0.247 e. The molecule has 1 aliphatic carbocycles. The first-order chi connectivity index (χ1) is 8.58. The van der Waals surface area contributed by atoms with Crippen LogP contribution in [0.4, 0.5) is 4.39 Å². The van der Waals surface area contributed by atoms with Gasteiger partial charge in [0.15, 0.2) is 0 Å². The lowest BCUT2D eigenvalue weighted by atomic mass is 9.78. The molecular weight excluding hydrogens is 233 g/mol. The molecule has 1 fully saturated rings. The van der Waals surface area contributed by atoms with Gasteiger partial charge in [-0.05, 0) is 37.8 Å². The molecule has 0 radical (unpaired) electrons. The Kier molecular flexibility index (Phi) is 2.45. The van der Waals surface area contributed by atoms with E-state index in [1.807, 2.05) is 0 Å². The van der Waals surface area contributed by atoms with Crippen LogP contribution < -0.4 is 5.73 Å². The van der Waals surface area contributed by atoms with Crippen LogP contribution in [-0.2, 0) is 5.54 Å². The molecule has 1 heterocycles. The van der Waals surface area contributed by atoms with Crippen molar-refractivity contribution in [2.45, 2.75) is 31.7 Å². The van der Waals surface area contributed by atoms with Gasteiger partial charge < -0.3 is 10.3 Å².